The van der Waals surface area contributed by atoms with Gasteiger partial charge in [0.1, 0.15) is 11.4 Å². The number of amides is 2. The van der Waals surface area contributed by atoms with Crippen molar-refractivity contribution in [2.45, 2.75) is 45.8 Å². The summed E-state index contributed by atoms with van der Waals surface area (Å²) in [5.41, 5.74) is -0.191. The number of halogens is 2. The van der Waals surface area contributed by atoms with E-state index in [2.05, 4.69) is 15.9 Å². The zero-order chi connectivity index (χ0) is 18.8. The highest BCUT2D eigenvalue weighted by Gasteiger charge is 2.32. The van der Waals surface area contributed by atoms with Gasteiger partial charge in [-0.1, -0.05) is 15.9 Å². The Bertz CT molecular complexity index is 660. The van der Waals surface area contributed by atoms with Gasteiger partial charge in [-0.25, -0.2) is 9.18 Å². The maximum absolute atomic E-state index is 13.8. The molecule has 0 N–H and O–H groups in total. The van der Waals surface area contributed by atoms with Crippen LogP contribution >= 0.6 is 15.9 Å². The average Bonchev–Trinajstić information content (AvgIpc) is 2.48. The van der Waals surface area contributed by atoms with Crippen LogP contribution in [0.1, 0.15) is 33.3 Å². The molecule has 0 aromatic heterocycles. The smallest absolute Gasteiger partial charge is 0.410 e. The molecule has 1 atom stereocenters. The molecule has 0 bridgehead atoms. The highest BCUT2D eigenvalue weighted by atomic mass is 79.9. The monoisotopic (exact) mass is 414 g/mol. The second kappa shape index (κ2) is 7.72. The van der Waals surface area contributed by atoms with Crippen molar-refractivity contribution in [1.29, 1.82) is 0 Å². The van der Waals surface area contributed by atoms with Crippen LogP contribution in [0.25, 0.3) is 0 Å². The summed E-state index contributed by atoms with van der Waals surface area (Å²) in [5, 5.41) is 0. The molecule has 1 fully saturated rings. The van der Waals surface area contributed by atoms with Crippen LogP contribution in [0.15, 0.2) is 22.7 Å². The zero-order valence-electron chi connectivity index (χ0n) is 15.0. The van der Waals surface area contributed by atoms with Crippen molar-refractivity contribution in [2.75, 3.05) is 19.6 Å². The number of hydrogen-bond acceptors (Lipinski definition) is 3. The summed E-state index contributed by atoms with van der Waals surface area (Å²) < 4.78 is 20.0. The van der Waals surface area contributed by atoms with Gasteiger partial charge in [-0.05, 0) is 51.5 Å². The Labute approximate surface area is 156 Å². The van der Waals surface area contributed by atoms with Crippen molar-refractivity contribution in [1.82, 2.24) is 9.80 Å². The maximum atomic E-state index is 13.8. The van der Waals surface area contributed by atoms with E-state index in [9.17, 15) is 14.0 Å². The van der Waals surface area contributed by atoms with Crippen LogP contribution in [0.5, 0.6) is 0 Å². The Morgan fingerprint density at radius 3 is 2.60 bits per heavy atom. The second-order valence-electron chi connectivity index (χ2n) is 7.28. The molecule has 0 aliphatic carbocycles. The van der Waals surface area contributed by atoms with Crippen LogP contribution in [-0.2, 0) is 16.0 Å². The molecule has 7 heteroatoms. The van der Waals surface area contributed by atoms with Gasteiger partial charge < -0.3 is 14.5 Å². The minimum Gasteiger partial charge on any atom is -0.444 e. The first kappa shape index (κ1) is 19.7. The van der Waals surface area contributed by atoms with Crippen LogP contribution in [0.3, 0.4) is 0 Å². The van der Waals surface area contributed by atoms with Gasteiger partial charge >= 0.3 is 6.09 Å². The highest BCUT2D eigenvalue weighted by Crippen LogP contribution is 2.19. The zero-order valence-corrected chi connectivity index (χ0v) is 16.6. The Balaban J connectivity index is 1.97. The van der Waals surface area contributed by atoms with Gasteiger partial charge in [0, 0.05) is 30.1 Å². The van der Waals surface area contributed by atoms with E-state index < -0.39 is 11.4 Å². The molecule has 0 spiro atoms. The number of nitrogens with zero attached hydrogens (tertiary/aromatic N) is 2. The summed E-state index contributed by atoms with van der Waals surface area (Å²) >= 11 is 3.29. The van der Waals surface area contributed by atoms with Gasteiger partial charge in [-0.15, -0.1) is 0 Å². The summed E-state index contributed by atoms with van der Waals surface area (Å²) in [6.45, 7) is 8.57. The molecular formula is C18H24BrFN2O3. The molecule has 1 heterocycles. The molecule has 5 nitrogen and oxygen atoms in total. The molecule has 0 unspecified atom stereocenters. The molecule has 1 saturated heterocycles. The van der Waals surface area contributed by atoms with Crippen molar-refractivity contribution < 1.29 is 18.7 Å². The van der Waals surface area contributed by atoms with Crippen molar-refractivity contribution in [2.24, 2.45) is 0 Å². The average molecular weight is 415 g/mol. The van der Waals surface area contributed by atoms with Gasteiger partial charge in [-0.2, -0.15) is 0 Å². The third-order valence-electron chi connectivity index (χ3n) is 3.96. The Hall–Kier alpha value is -1.63. The van der Waals surface area contributed by atoms with E-state index in [-0.39, 0.29) is 24.5 Å². The largest absolute Gasteiger partial charge is 0.444 e. The Kier molecular flexibility index (Phi) is 6.08. The fourth-order valence-electron chi connectivity index (χ4n) is 2.73. The number of rotatable bonds is 2. The van der Waals surface area contributed by atoms with Gasteiger partial charge in [0.25, 0.3) is 0 Å². The minimum absolute atomic E-state index is 0.00440. The third kappa shape index (κ3) is 5.42. The fraction of sp³-hybridized carbons (Fsp3) is 0.556. The van der Waals surface area contributed by atoms with Gasteiger partial charge in [-0.3, -0.25) is 4.79 Å². The molecule has 0 saturated carbocycles. The first-order valence-corrected chi connectivity index (χ1v) is 9.07. The molecule has 138 valence electrons. The van der Waals surface area contributed by atoms with Crippen molar-refractivity contribution >= 4 is 27.9 Å². The minimum atomic E-state index is -0.554. The first-order valence-electron chi connectivity index (χ1n) is 8.28. The van der Waals surface area contributed by atoms with E-state index in [0.717, 1.165) is 4.47 Å². The predicted octanol–water partition coefficient (Wildman–Crippen LogP) is 3.60. The SMILES string of the molecule is C[C@H]1CN(C(=O)Cc2cc(Br)ccc2F)CCN1C(=O)OC(C)(C)C. The Morgan fingerprint density at radius 2 is 2.00 bits per heavy atom. The van der Waals surface area contributed by atoms with E-state index in [0.29, 0.717) is 25.2 Å². The Morgan fingerprint density at radius 1 is 1.32 bits per heavy atom. The molecule has 1 aromatic carbocycles. The molecule has 1 aliphatic heterocycles. The van der Waals surface area contributed by atoms with E-state index in [1.54, 1.807) is 21.9 Å². The molecule has 2 amide bonds. The standard InChI is InChI=1S/C18H24BrFN2O3/c1-12-11-21(7-8-22(12)17(24)25-18(2,3)4)16(23)10-13-9-14(19)5-6-15(13)20/h5-6,9,12H,7-8,10-11H2,1-4H3/t12-/m0/s1. The van der Waals surface area contributed by atoms with Crippen molar-refractivity contribution in [3.05, 3.63) is 34.1 Å². The van der Waals surface area contributed by atoms with E-state index >= 15 is 0 Å². The van der Waals surface area contributed by atoms with Gasteiger partial charge in [0.2, 0.25) is 5.91 Å². The number of hydrogen-bond donors (Lipinski definition) is 0. The van der Waals surface area contributed by atoms with Crippen LogP contribution in [-0.4, -0.2) is 53.1 Å². The lowest BCUT2D eigenvalue weighted by atomic mass is 10.1. The molecule has 25 heavy (non-hydrogen) atoms. The number of benzene rings is 1. The number of piperazine rings is 1. The molecule has 2 rings (SSSR count). The normalized spacial score (nSPS) is 18.2. The molecule has 1 aromatic rings. The topological polar surface area (TPSA) is 49.9 Å². The molecular weight excluding hydrogens is 391 g/mol. The van der Waals surface area contributed by atoms with E-state index in [1.165, 1.54) is 6.07 Å². The lowest BCUT2D eigenvalue weighted by Crippen LogP contribution is -2.56. The first-order chi connectivity index (χ1) is 11.6. The number of ether oxygens (including phenoxy) is 1. The molecule has 0 radical (unpaired) electrons. The van der Waals surface area contributed by atoms with Crippen LogP contribution in [0.4, 0.5) is 9.18 Å². The predicted molar refractivity (Wildman–Crippen MR) is 96.8 cm³/mol. The van der Waals surface area contributed by atoms with Gasteiger partial charge in [0.15, 0.2) is 0 Å². The van der Waals surface area contributed by atoms with Crippen LogP contribution in [0, 0.1) is 5.82 Å². The summed E-state index contributed by atoms with van der Waals surface area (Å²) in [6.07, 6.45) is -0.366. The summed E-state index contributed by atoms with van der Waals surface area (Å²) in [6, 6.07) is 4.41. The summed E-state index contributed by atoms with van der Waals surface area (Å²) in [5.74, 6) is -0.537. The van der Waals surface area contributed by atoms with Crippen LogP contribution < -0.4 is 0 Å². The quantitative estimate of drug-likeness (QED) is 0.742. The van der Waals surface area contributed by atoms with Crippen molar-refractivity contribution in [3.8, 4) is 0 Å². The second-order valence-corrected chi connectivity index (χ2v) is 8.19. The maximum Gasteiger partial charge on any atom is 0.410 e. The lowest BCUT2D eigenvalue weighted by molar-refractivity contribution is -0.133. The fourth-order valence-corrected chi connectivity index (χ4v) is 3.14. The van der Waals surface area contributed by atoms with E-state index in [4.69, 9.17) is 4.74 Å². The number of carbonyl (C=O) groups is 2. The number of carbonyl (C=O) groups excluding carboxylic acids is 2. The highest BCUT2D eigenvalue weighted by molar-refractivity contribution is 9.10. The lowest BCUT2D eigenvalue weighted by Gasteiger charge is -2.40. The molecule has 1 aliphatic rings. The summed E-state index contributed by atoms with van der Waals surface area (Å²) in [4.78, 5) is 28.0. The van der Waals surface area contributed by atoms with Crippen molar-refractivity contribution in [3.63, 3.8) is 0 Å². The van der Waals surface area contributed by atoms with E-state index in [1.807, 2.05) is 27.7 Å². The van der Waals surface area contributed by atoms with Gasteiger partial charge in [0.05, 0.1) is 6.42 Å². The third-order valence-corrected chi connectivity index (χ3v) is 4.45. The summed E-state index contributed by atoms with van der Waals surface area (Å²) in [7, 11) is 0. The van der Waals surface area contributed by atoms with Crippen LogP contribution in [0.2, 0.25) is 0 Å².